The van der Waals surface area contributed by atoms with Gasteiger partial charge in [0.2, 0.25) is 0 Å². The van der Waals surface area contributed by atoms with Crippen LogP contribution in [-0.4, -0.2) is 6.61 Å². The monoisotopic (exact) mass is 216 g/mol. The number of benzene rings is 1. The van der Waals surface area contributed by atoms with Crippen LogP contribution in [0.4, 0.5) is 13.2 Å². The number of allylic oxidation sites excluding steroid dienone is 1. The van der Waals surface area contributed by atoms with Crippen molar-refractivity contribution in [3.05, 3.63) is 42.0 Å². The van der Waals surface area contributed by atoms with E-state index in [1.54, 1.807) is 6.08 Å². The zero-order valence-corrected chi connectivity index (χ0v) is 8.21. The number of halogens is 3. The fraction of sp³-hybridized carbons (Fsp3) is 0.273. The SMILES string of the molecule is C/C=C/COc1ccc(C(F)(F)F)cc1. The van der Waals surface area contributed by atoms with Crippen molar-refractivity contribution in [2.75, 3.05) is 6.61 Å². The minimum absolute atomic E-state index is 0.363. The molecule has 0 bridgehead atoms. The van der Waals surface area contributed by atoms with Crippen molar-refractivity contribution < 1.29 is 17.9 Å². The molecule has 0 atom stereocenters. The lowest BCUT2D eigenvalue weighted by Crippen LogP contribution is -2.04. The first-order valence-electron chi connectivity index (χ1n) is 4.45. The van der Waals surface area contributed by atoms with Crippen molar-refractivity contribution >= 4 is 0 Å². The number of hydrogen-bond acceptors (Lipinski definition) is 1. The molecule has 1 aromatic carbocycles. The van der Waals surface area contributed by atoms with Crippen molar-refractivity contribution in [1.82, 2.24) is 0 Å². The Kier molecular flexibility index (Phi) is 3.77. The maximum absolute atomic E-state index is 12.2. The summed E-state index contributed by atoms with van der Waals surface area (Å²) in [4.78, 5) is 0. The summed E-state index contributed by atoms with van der Waals surface area (Å²) in [6.07, 6.45) is -0.705. The molecule has 82 valence electrons. The second-order valence-electron chi connectivity index (χ2n) is 2.90. The predicted molar refractivity (Wildman–Crippen MR) is 51.8 cm³/mol. The third-order valence-electron chi connectivity index (χ3n) is 1.76. The third kappa shape index (κ3) is 3.65. The van der Waals surface area contributed by atoms with Gasteiger partial charge in [-0.25, -0.2) is 0 Å². The molecule has 1 aromatic rings. The van der Waals surface area contributed by atoms with Gasteiger partial charge in [-0.1, -0.05) is 12.2 Å². The standard InChI is InChI=1S/C11H11F3O/c1-2-3-8-15-10-6-4-9(5-7-10)11(12,13)14/h2-7H,8H2,1H3/b3-2+. The van der Waals surface area contributed by atoms with Gasteiger partial charge in [-0.15, -0.1) is 0 Å². The number of hydrogen-bond donors (Lipinski definition) is 0. The molecule has 0 aliphatic heterocycles. The molecule has 0 fully saturated rings. The molecule has 0 spiro atoms. The maximum atomic E-state index is 12.2. The van der Waals surface area contributed by atoms with Crippen LogP contribution in [0, 0.1) is 0 Å². The van der Waals surface area contributed by atoms with Gasteiger partial charge in [-0.05, 0) is 31.2 Å². The highest BCUT2D eigenvalue weighted by atomic mass is 19.4. The summed E-state index contributed by atoms with van der Waals surface area (Å²) >= 11 is 0. The molecule has 15 heavy (non-hydrogen) atoms. The zero-order valence-electron chi connectivity index (χ0n) is 8.21. The highest BCUT2D eigenvalue weighted by Gasteiger charge is 2.29. The second kappa shape index (κ2) is 4.87. The molecule has 0 N–H and O–H groups in total. The van der Waals surface area contributed by atoms with Gasteiger partial charge in [0.05, 0.1) is 5.56 Å². The van der Waals surface area contributed by atoms with Crippen molar-refractivity contribution in [3.63, 3.8) is 0 Å². The number of alkyl halides is 3. The number of ether oxygens (including phenoxy) is 1. The average Bonchev–Trinajstić information content (AvgIpc) is 2.18. The average molecular weight is 216 g/mol. The van der Waals surface area contributed by atoms with Gasteiger partial charge in [0.25, 0.3) is 0 Å². The lowest BCUT2D eigenvalue weighted by atomic mass is 10.2. The third-order valence-corrected chi connectivity index (χ3v) is 1.76. The summed E-state index contributed by atoms with van der Waals surface area (Å²) < 4.78 is 41.7. The van der Waals surface area contributed by atoms with Crippen molar-refractivity contribution in [2.24, 2.45) is 0 Å². The summed E-state index contributed by atoms with van der Waals surface area (Å²) in [5.74, 6) is 0.432. The molecule has 1 rings (SSSR count). The van der Waals surface area contributed by atoms with E-state index in [2.05, 4.69) is 0 Å². The molecule has 1 nitrogen and oxygen atoms in total. The van der Waals surface area contributed by atoms with E-state index in [0.29, 0.717) is 12.4 Å². The highest BCUT2D eigenvalue weighted by molar-refractivity contribution is 5.28. The molecular weight excluding hydrogens is 205 g/mol. The summed E-state index contributed by atoms with van der Waals surface area (Å²) in [7, 11) is 0. The van der Waals surface area contributed by atoms with E-state index in [1.807, 2.05) is 13.0 Å². The maximum Gasteiger partial charge on any atom is 0.416 e. The van der Waals surface area contributed by atoms with Crippen LogP contribution in [0.1, 0.15) is 12.5 Å². The van der Waals surface area contributed by atoms with E-state index >= 15 is 0 Å². The predicted octanol–water partition coefficient (Wildman–Crippen LogP) is 3.66. The molecule has 0 radical (unpaired) electrons. The first-order chi connectivity index (χ1) is 7.04. The lowest BCUT2D eigenvalue weighted by Gasteiger charge is -2.07. The van der Waals surface area contributed by atoms with E-state index < -0.39 is 11.7 Å². The van der Waals surface area contributed by atoms with Crippen LogP contribution in [0.5, 0.6) is 5.75 Å². The first-order valence-corrected chi connectivity index (χ1v) is 4.45. The molecule has 0 aliphatic carbocycles. The Morgan fingerprint density at radius 1 is 1.20 bits per heavy atom. The fourth-order valence-corrected chi connectivity index (χ4v) is 0.981. The number of rotatable bonds is 3. The van der Waals surface area contributed by atoms with Gasteiger partial charge in [-0.3, -0.25) is 0 Å². The highest BCUT2D eigenvalue weighted by Crippen LogP contribution is 2.30. The lowest BCUT2D eigenvalue weighted by molar-refractivity contribution is -0.137. The van der Waals surface area contributed by atoms with Crippen LogP contribution in [0.25, 0.3) is 0 Å². The van der Waals surface area contributed by atoms with E-state index in [1.165, 1.54) is 12.1 Å². The minimum Gasteiger partial charge on any atom is -0.490 e. The molecule has 0 saturated carbocycles. The molecule has 0 saturated heterocycles. The van der Waals surface area contributed by atoms with Gasteiger partial charge < -0.3 is 4.74 Å². The largest absolute Gasteiger partial charge is 0.490 e. The van der Waals surface area contributed by atoms with Gasteiger partial charge >= 0.3 is 6.18 Å². The quantitative estimate of drug-likeness (QED) is 0.700. The molecule has 0 aromatic heterocycles. The Bertz CT molecular complexity index is 325. The Hall–Kier alpha value is -1.45. The topological polar surface area (TPSA) is 9.23 Å². The first kappa shape index (κ1) is 11.6. The van der Waals surface area contributed by atoms with Crippen LogP contribution >= 0.6 is 0 Å². The Balaban J connectivity index is 2.64. The normalized spacial score (nSPS) is 12.0. The van der Waals surface area contributed by atoms with Crippen LogP contribution in [0.3, 0.4) is 0 Å². The second-order valence-corrected chi connectivity index (χ2v) is 2.90. The molecule has 4 heteroatoms. The molecule has 0 heterocycles. The van der Waals surface area contributed by atoms with E-state index in [4.69, 9.17) is 4.74 Å². The summed E-state index contributed by atoms with van der Waals surface area (Å²) in [5, 5.41) is 0. The zero-order chi connectivity index (χ0) is 11.3. The molecule has 0 amide bonds. The summed E-state index contributed by atoms with van der Waals surface area (Å²) in [6, 6.07) is 4.63. The Morgan fingerprint density at radius 2 is 1.80 bits per heavy atom. The van der Waals surface area contributed by atoms with Crippen molar-refractivity contribution in [2.45, 2.75) is 13.1 Å². The van der Waals surface area contributed by atoms with Crippen molar-refractivity contribution in [3.8, 4) is 5.75 Å². The smallest absolute Gasteiger partial charge is 0.416 e. The summed E-state index contributed by atoms with van der Waals surface area (Å²) in [5.41, 5.74) is -0.666. The van der Waals surface area contributed by atoms with Crippen LogP contribution in [-0.2, 0) is 6.18 Å². The van der Waals surface area contributed by atoms with Gasteiger partial charge in [0.15, 0.2) is 0 Å². The van der Waals surface area contributed by atoms with E-state index in [0.717, 1.165) is 12.1 Å². The van der Waals surface area contributed by atoms with Crippen molar-refractivity contribution in [1.29, 1.82) is 0 Å². The van der Waals surface area contributed by atoms with Crippen LogP contribution in [0.15, 0.2) is 36.4 Å². The van der Waals surface area contributed by atoms with Crippen LogP contribution in [0.2, 0.25) is 0 Å². The fourth-order valence-electron chi connectivity index (χ4n) is 0.981. The van der Waals surface area contributed by atoms with Gasteiger partial charge in [0.1, 0.15) is 12.4 Å². The summed E-state index contributed by atoms with van der Waals surface area (Å²) in [6.45, 7) is 2.21. The molecular formula is C11H11F3O. The van der Waals surface area contributed by atoms with Gasteiger partial charge in [-0.2, -0.15) is 13.2 Å². The Labute approximate surface area is 86.2 Å². The van der Waals surface area contributed by atoms with Crippen LogP contribution < -0.4 is 4.74 Å². The molecule has 0 aliphatic rings. The van der Waals surface area contributed by atoms with E-state index in [-0.39, 0.29) is 0 Å². The minimum atomic E-state index is -4.29. The Morgan fingerprint density at radius 3 is 2.27 bits per heavy atom. The molecule has 0 unspecified atom stereocenters. The van der Waals surface area contributed by atoms with Gasteiger partial charge in [0, 0.05) is 0 Å². The van der Waals surface area contributed by atoms with E-state index in [9.17, 15) is 13.2 Å².